The highest BCUT2D eigenvalue weighted by Gasteiger charge is 2.01. The molecule has 0 unspecified atom stereocenters. The van der Waals surface area contributed by atoms with E-state index >= 15 is 0 Å². The SMILES string of the molecule is CSS[C@@H](C)CCOCCOCCNC(C)C. The predicted octanol–water partition coefficient (Wildman–Crippen LogP) is 2.81. The summed E-state index contributed by atoms with van der Waals surface area (Å²) in [5.41, 5.74) is 0. The molecule has 1 N–H and O–H groups in total. The summed E-state index contributed by atoms with van der Waals surface area (Å²) in [6, 6.07) is 0.533. The molecule has 1 atom stereocenters. The average molecular weight is 281 g/mol. The van der Waals surface area contributed by atoms with Crippen molar-refractivity contribution < 1.29 is 9.47 Å². The van der Waals surface area contributed by atoms with Gasteiger partial charge >= 0.3 is 0 Å². The average Bonchev–Trinajstić information content (AvgIpc) is 2.27. The van der Waals surface area contributed by atoms with Crippen molar-refractivity contribution in [1.29, 1.82) is 0 Å². The van der Waals surface area contributed by atoms with E-state index in [1.165, 1.54) is 0 Å². The fourth-order valence-corrected chi connectivity index (χ4v) is 3.00. The maximum Gasteiger partial charge on any atom is 0.0701 e. The van der Waals surface area contributed by atoms with Gasteiger partial charge < -0.3 is 14.8 Å². The highest BCUT2D eigenvalue weighted by molar-refractivity contribution is 8.76. The van der Waals surface area contributed by atoms with Crippen LogP contribution in [-0.2, 0) is 9.47 Å². The lowest BCUT2D eigenvalue weighted by molar-refractivity contribution is 0.0477. The zero-order valence-corrected chi connectivity index (χ0v) is 13.2. The topological polar surface area (TPSA) is 30.5 Å². The summed E-state index contributed by atoms with van der Waals surface area (Å²) < 4.78 is 11.0. The van der Waals surface area contributed by atoms with Crippen LogP contribution in [-0.4, -0.2) is 50.5 Å². The number of rotatable bonds is 12. The van der Waals surface area contributed by atoms with E-state index in [1.807, 2.05) is 21.6 Å². The van der Waals surface area contributed by atoms with Crippen molar-refractivity contribution in [2.24, 2.45) is 0 Å². The van der Waals surface area contributed by atoms with E-state index in [0.29, 0.717) is 24.5 Å². The summed E-state index contributed by atoms with van der Waals surface area (Å²) in [6.45, 7) is 10.4. The first-order valence-electron chi connectivity index (χ1n) is 6.25. The molecule has 5 heteroatoms. The third-order valence-corrected chi connectivity index (χ3v) is 4.42. The van der Waals surface area contributed by atoms with E-state index in [2.05, 4.69) is 32.3 Å². The number of nitrogens with one attached hydrogen (secondary N) is 1. The van der Waals surface area contributed by atoms with Gasteiger partial charge in [-0.15, -0.1) is 0 Å². The Morgan fingerprint density at radius 3 is 2.24 bits per heavy atom. The molecule has 17 heavy (non-hydrogen) atoms. The Balaban J connectivity index is 3.03. The Bertz CT molecular complexity index is 159. The van der Waals surface area contributed by atoms with E-state index in [1.54, 1.807) is 0 Å². The van der Waals surface area contributed by atoms with Crippen LogP contribution in [0.3, 0.4) is 0 Å². The zero-order chi connectivity index (χ0) is 12.9. The van der Waals surface area contributed by atoms with Crippen LogP contribution in [0.5, 0.6) is 0 Å². The Labute approximate surface area is 114 Å². The molecule has 0 aromatic carbocycles. The van der Waals surface area contributed by atoms with Gasteiger partial charge in [0.25, 0.3) is 0 Å². The number of hydrogen-bond donors (Lipinski definition) is 1. The highest BCUT2D eigenvalue weighted by atomic mass is 33.1. The van der Waals surface area contributed by atoms with E-state index in [4.69, 9.17) is 9.47 Å². The molecule has 0 saturated carbocycles. The molecule has 0 amide bonds. The van der Waals surface area contributed by atoms with Crippen LogP contribution >= 0.6 is 21.6 Å². The van der Waals surface area contributed by atoms with Crippen LogP contribution in [0, 0.1) is 0 Å². The number of hydrogen-bond acceptors (Lipinski definition) is 5. The van der Waals surface area contributed by atoms with Gasteiger partial charge in [0.05, 0.1) is 19.8 Å². The molecule has 0 rings (SSSR count). The Morgan fingerprint density at radius 2 is 1.65 bits per heavy atom. The minimum Gasteiger partial charge on any atom is -0.379 e. The molecular formula is C12H27NO2S2. The van der Waals surface area contributed by atoms with Gasteiger partial charge in [-0.3, -0.25) is 0 Å². The molecule has 0 aromatic heterocycles. The maximum absolute atomic E-state index is 5.51. The van der Waals surface area contributed by atoms with Gasteiger partial charge in [0.15, 0.2) is 0 Å². The van der Waals surface area contributed by atoms with Crippen molar-refractivity contribution >= 4 is 21.6 Å². The van der Waals surface area contributed by atoms with Crippen LogP contribution < -0.4 is 5.32 Å². The van der Waals surface area contributed by atoms with Crippen molar-refractivity contribution in [2.45, 2.75) is 38.5 Å². The molecule has 0 spiro atoms. The molecule has 0 aliphatic rings. The first kappa shape index (κ1) is 17.6. The Hall–Kier alpha value is 0.580. The third kappa shape index (κ3) is 14.5. The summed E-state index contributed by atoms with van der Waals surface area (Å²) in [7, 11) is 3.72. The molecule has 104 valence electrons. The van der Waals surface area contributed by atoms with Gasteiger partial charge in [0.2, 0.25) is 0 Å². The zero-order valence-electron chi connectivity index (χ0n) is 11.5. The monoisotopic (exact) mass is 281 g/mol. The van der Waals surface area contributed by atoms with E-state index in [0.717, 1.165) is 26.2 Å². The molecular weight excluding hydrogens is 254 g/mol. The molecule has 3 nitrogen and oxygen atoms in total. The fourth-order valence-electron chi connectivity index (χ4n) is 1.20. The lowest BCUT2D eigenvalue weighted by Gasteiger charge is -2.10. The van der Waals surface area contributed by atoms with Crippen molar-refractivity contribution in [3.8, 4) is 0 Å². The van der Waals surface area contributed by atoms with E-state index in [9.17, 15) is 0 Å². The van der Waals surface area contributed by atoms with Gasteiger partial charge in [-0.05, 0) is 12.7 Å². The first-order chi connectivity index (χ1) is 8.16. The van der Waals surface area contributed by atoms with Crippen LogP contribution in [0.4, 0.5) is 0 Å². The summed E-state index contributed by atoms with van der Waals surface area (Å²) in [5, 5.41) is 3.97. The summed E-state index contributed by atoms with van der Waals surface area (Å²) in [6.07, 6.45) is 3.22. The van der Waals surface area contributed by atoms with Crippen LogP contribution in [0.1, 0.15) is 27.2 Å². The van der Waals surface area contributed by atoms with Gasteiger partial charge in [0, 0.05) is 24.4 Å². The molecule has 0 aliphatic heterocycles. The summed E-state index contributed by atoms with van der Waals surface area (Å²) >= 11 is 0. The molecule has 0 heterocycles. The minimum absolute atomic E-state index is 0.533. The summed E-state index contributed by atoms with van der Waals surface area (Å²) in [5.74, 6) is 0. The molecule has 0 bridgehead atoms. The second-order valence-electron chi connectivity index (χ2n) is 4.20. The fraction of sp³-hybridized carbons (Fsp3) is 1.00. The first-order valence-corrected chi connectivity index (χ1v) is 8.87. The highest BCUT2D eigenvalue weighted by Crippen LogP contribution is 2.25. The van der Waals surface area contributed by atoms with Crippen molar-refractivity contribution in [3.63, 3.8) is 0 Å². The van der Waals surface area contributed by atoms with E-state index in [-0.39, 0.29) is 0 Å². The smallest absolute Gasteiger partial charge is 0.0701 e. The van der Waals surface area contributed by atoms with Gasteiger partial charge in [-0.25, -0.2) is 0 Å². The second-order valence-corrected chi connectivity index (χ2v) is 7.10. The molecule has 0 saturated heterocycles. The van der Waals surface area contributed by atoms with Gasteiger partial charge in [0.1, 0.15) is 0 Å². The Kier molecular flexibility index (Phi) is 13.5. The minimum atomic E-state index is 0.533. The van der Waals surface area contributed by atoms with Gasteiger partial charge in [-0.1, -0.05) is 42.4 Å². The lowest BCUT2D eigenvalue weighted by Crippen LogP contribution is -2.27. The normalized spacial score (nSPS) is 13.2. The maximum atomic E-state index is 5.51. The predicted molar refractivity (Wildman–Crippen MR) is 80.0 cm³/mol. The molecule has 0 aliphatic carbocycles. The standard InChI is InChI=1S/C12H27NO2S2/c1-11(2)13-6-8-15-10-9-14-7-5-12(3)17-16-4/h11-13H,5-10H2,1-4H3/t12-/m0/s1. The lowest BCUT2D eigenvalue weighted by atomic mass is 10.3. The van der Waals surface area contributed by atoms with Gasteiger partial charge in [-0.2, -0.15) is 0 Å². The molecule has 0 fully saturated rings. The Morgan fingerprint density at radius 1 is 1.00 bits per heavy atom. The molecule has 0 aromatic rings. The van der Waals surface area contributed by atoms with Crippen molar-refractivity contribution in [3.05, 3.63) is 0 Å². The van der Waals surface area contributed by atoms with Crippen molar-refractivity contribution in [2.75, 3.05) is 39.2 Å². The van der Waals surface area contributed by atoms with Crippen molar-refractivity contribution in [1.82, 2.24) is 5.32 Å². The third-order valence-electron chi connectivity index (χ3n) is 2.10. The second kappa shape index (κ2) is 13.0. The molecule has 0 radical (unpaired) electrons. The van der Waals surface area contributed by atoms with Crippen LogP contribution in [0.2, 0.25) is 0 Å². The van der Waals surface area contributed by atoms with Crippen LogP contribution in [0.15, 0.2) is 0 Å². The summed E-state index contributed by atoms with van der Waals surface area (Å²) in [4.78, 5) is 0. The van der Waals surface area contributed by atoms with Crippen LogP contribution in [0.25, 0.3) is 0 Å². The quantitative estimate of drug-likeness (QED) is 0.439. The van der Waals surface area contributed by atoms with E-state index < -0.39 is 0 Å². The number of ether oxygens (including phenoxy) is 2. The largest absolute Gasteiger partial charge is 0.379 e.